The molecule has 10 heteroatoms. The number of hydrogen-bond acceptors (Lipinski definition) is 9. The van der Waals surface area contributed by atoms with Gasteiger partial charge in [-0.25, -0.2) is 14.8 Å². The van der Waals surface area contributed by atoms with Crippen LogP contribution in [0.5, 0.6) is 11.5 Å². The van der Waals surface area contributed by atoms with E-state index in [9.17, 15) is 9.59 Å². The molecule has 10 nitrogen and oxygen atoms in total. The quantitative estimate of drug-likeness (QED) is 0.613. The van der Waals surface area contributed by atoms with Crippen molar-refractivity contribution in [3.63, 3.8) is 0 Å². The van der Waals surface area contributed by atoms with Gasteiger partial charge in [0.2, 0.25) is 12.5 Å². The summed E-state index contributed by atoms with van der Waals surface area (Å²) in [6, 6.07) is 3.04. The molecule has 0 aliphatic carbocycles. The summed E-state index contributed by atoms with van der Waals surface area (Å²) < 4.78 is 21.4. The third kappa shape index (κ3) is 3.37. The van der Waals surface area contributed by atoms with E-state index in [0.29, 0.717) is 39.7 Å². The highest BCUT2D eigenvalue weighted by Gasteiger charge is 2.28. The summed E-state index contributed by atoms with van der Waals surface area (Å²) in [5, 5.41) is 3.37. The average Bonchev–Trinajstić information content (AvgIpc) is 3.41. The van der Waals surface area contributed by atoms with Crippen molar-refractivity contribution in [1.29, 1.82) is 0 Å². The van der Waals surface area contributed by atoms with Gasteiger partial charge in [0.1, 0.15) is 17.9 Å². The average molecular weight is 438 g/mol. The van der Waals surface area contributed by atoms with Gasteiger partial charge in [0.15, 0.2) is 11.5 Å². The van der Waals surface area contributed by atoms with Crippen molar-refractivity contribution in [2.45, 2.75) is 26.2 Å². The van der Waals surface area contributed by atoms with E-state index in [1.165, 1.54) is 25.9 Å². The van der Waals surface area contributed by atoms with Crippen LogP contribution in [0, 0.1) is 6.92 Å². The summed E-state index contributed by atoms with van der Waals surface area (Å²) in [6.45, 7) is 3.45. The first-order valence-corrected chi connectivity index (χ1v) is 10.4. The highest BCUT2D eigenvalue weighted by atomic mass is 16.7. The minimum atomic E-state index is -0.607. The molecule has 2 aliphatic heterocycles. The Morgan fingerprint density at radius 2 is 1.84 bits per heavy atom. The van der Waals surface area contributed by atoms with Gasteiger partial charge in [-0.05, 0) is 26.2 Å². The number of rotatable bonds is 4. The van der Waals surface area contributed by atoms with Gasteiger partial charge >= 0.3 is 5.97 Å². The molecular weight excluding hydrogens is 416 g/mol. The van der Waals surface area contributed by atoms with Crippen LogP contribution < -0.4 is 19.7 Å². The topological polar surface area (TPSA) is 116 Å². The molecule has 32 heavy (non-hydrogen) atoms. The van der Waals surface area contributed by atoms with E-state index in [1.54, 1.807) is 13.0 Å². The fourth-order valence-corrected chi connectivity index (χ4v) is 4.16. The first kappa shape index (κ1) is 20.1. The third-order valence-corrected chi connectivity index (χ3v) is 5.69. The Labute approximate surface area is 183 Å². The maximum absolute atomic E-state index is 13.4. The molecular formula is C22H22N4O6. The standard InChI is InChI=1S/C22H22N4O6/c1-12-17(18-19(23-10-24-21(18)32-12)26-6-4-3-5-7-26)20(27)25-14-9-16-15(30-11-31-16)8-13(14)22(28)29-2/h8-10H,3-7,11H2,1-2H3,(H,25,27). The molecule has 3 aromatic rings. The molecule has 1 fully saturated rings. The van der Waals surface area contributed by atoms with E-state index in [4.69, 9.17) is 18.6 Å². The summed E-state index contributed by atoms with van der Waals surface area (Å²) in [5.41, 5.74) is 1.08. The van der Waals surface area contributed by atoms with E-state index in [-0.39, 0.29) is 18.0 Å². The van der Waals surface area contributed by atoms with Crippen molar-refractivity contribution in [3.8, 4) is 11.5 Å². The molecule has 2 aromatic heterocycles. The summed E-state index contributed by atoms with van der Waals surface area (Å²) in [7, 11) is 1.27. The van der Waals surface area contributed by atoms with Crippen LogP contribution in [0.2, 0.25) is 0 Å². The van der Waals surface area contributed by atoms with Crippen LogP contribution in [-0.2, 0) is 4.74 Å². The number of aryl methyl sites for hydroxylation is 1. The number of nitrogens with one attached hydrogen (secondary N) is 1. The second-order valence-electron chi connectivity index (χ2n) is 7.66. The van der Waals surface area contributed by atoms with Crippen LogP contribution in [0.1, 0.15) is 45.7 Å². The summed E-state index contributed by atoms with van der Waals surface area (Å²) in [4.78, 5) is 36.6. The molecule has 0 radical (unpaired) electrons. The predicted molar refractivity (Wildman–Crippen MR) is 114 cm³/mol. The minimum absolute atomic E-state index is 0.0371. The maximum Gasteiger partial charge on any atom is 0.340 e. The van der Waals surface area contributed by atoms with Crippen LogP contribution in [0.25, 0.3) is 11.1 Å². The van der Waals surface area contributed by atoms with E-state index < -0.39 is 11.9 Å². The van der Waals surface area contributed by atoms with Crippen LogP contribution >= 0.6 is 0 Å². The van der Waals surface area contributed by atoms with Crippen molar-refractivity contribution in [3.05, 3.63) is 35.3 Å². The number of esters is 1. The Hall–Kier alpha value is -3.82. The monoisotopic (exact) mass is 438 g/mol. The number of benzene rings is 1. The first-order chi connectivity index (χ1) is 15.6. The van der Waals surface area contributed by atoms with Gasteiger partial charge in [0, 0.05) is 25.2 Å². The summed E-state index contributed by atoms with van der Waals surface area (Å²) in [5.74, 6) is 0.878. The number of fused-ring (bicyclic) bond motifs is 2. The zero-order valence-corrected chi connectivity index (χ0v) is 17.8. The molecule has 1 N–H and O–H groups in total. The van der Waals surface area contributed by atoms with Gasteiger partial charge in [-0.15, -0.1) is 0 Å². The van der Waals surface area contributed by atoms with Gasteiger partial charge in [0.25, 0.3) is 5.91 Å². The number of furan rings is 1. The number of anilines is 2. The normalized spacial score (nSPS) is 15.1. The lowest BCUT2D eigenvalue weighted by atomic mass is 10.1. The number of ether oxygens (including phenoxy) is 3. The minimum Gasteiger partial charge on any atom is -0.465 e. The van der Waals surface area contributed by atoms with Crippen molar-refractivity contribution in [1.82, 2.24) is 9.97 Å². The molecule has 166 valence electrons. The highest BCUT2D eigenvalue weighted by molar-refractivity contribution is 6.16. The lowest BCUT2D eigenvalue weighted by Crippen LogP contribution is -2.30. The van der Waals surface area contributed by atoms with Crippen LogP contribution in [-0.4, -0.2) is 48.8 Å². The molecule has 0 spiro atoms. The van der Waals surface area contributed by atoms with Gasteiger partial charge in [-0.2, -0.15) is 0 Å². The molecule has 5 rings (SSSR count). The highest BCUT2D eigenvalue weighted by Crippen LogP contribution is 2.38. The molecule has 1 amide bonds. The molecule has 1 saturated heterocycles. The summed E-state index contributed by atoms with van der Waals surface area (Å²) in [6.07, 6.45) is 4.74. The maximum atomic E-state index is 13.4. The lowest BCUT2D eigenvalue weighted by molar-refractivity contribution is 0.0601. The van der Waals surface area contributed by atoms with Gasteiger partial charge < -0.3 is 28.8 Å². The fourth-order valence-electron chi connectivity index (χ4n) is 4.16. The number of aromatic nitrogens is 2. The second-order valence-corrected chi connectivity index (χ2v) is 7.66. The molecule has 0 saturated carbocycles. The lowest BCUT2D eigenvalue weighted by Gasteiger charge is -2.28. The van der Waals surface area contributed by atoms with Crippen LogP contribution in [0.4, 0.5) is 11.5 Å². The molecule has 0 bridgehead atoms. The molecule has 2 aliphatic rings. The van der Waals surface area contributed by atoms with E-state index in [1.807, 2.05) is 0 Å². The Balaban J connectivity index is 1.56. The van der Waals surface area contributed by atoms with Crippen LogP contribution in [0.3, 0.4) is 0 Å². The number of carbonyl (C=O) groups is 2. The molecule has 0 unspecified atom stereocenters. The second kappa shape index (κ2) is 8.03. The molecule has 0 atom stereocenters. The molecule has 1 aromatic carbocycles. The van der Waals surface area contributed by atoms with Crippen LogP contribution in [0.15, 0.2) is 22.9 Å². The van der Waals surface area contributed by atoms with Crippen molar-refractivity contribution >= 4 is 34.5 Å². The Bertz CT molecular complexity index is 1210. The third-order valence-electron chi connectivity index (χ3n) is 5.69. The van der Waals surface area contributed by atoms with Gasteiger partial charge in [-0.1, -0.05) is 0 Å². The number of piperidine rings is 1. The number of carbonyl (C=O) groups excluding carboxylic acids is 2. The van der Waals surface area contributed by atoms with Crippen molar-refractivity contribution in [2.24, 2.45) is 0 Å². The number of hydrogen-bond donors (Lipinski definition) is 1. The Kier molecular flexibility index (Phi) is 5.04. The Morgan fingerprint density at radius 1 is 1.09 bits per heavy atom. The van der Waals surface area contributed by atoms with E-state index >= 15 is 0 Å². The molecule has 4 heterocycles. The SMILES string of the molecule is COC(=O)c1cc2c(cc1NC(=O)c1c(C)oc3ncnc(N4CCCCC4)c13)OCO2. The van der Waals surface area contributed by atoms with Gasteiger partial charge in [0.05, 0.1) is 29.3 Å². The zero-order valence-electron chi connectivity index (χ0n) is 17.8. The predicted octanol–water partition coefficient (Wildman–Crippen LogP) is 3.29. The summed E-state index contributed by atoms with van der Waals surface area (Å²) >= 11 is 0. The van der Waals surface area contributed by atoms with E-state index in [2.05, 4.69) is 20.2 Å². The van der Waals surface area contributed by atoms with Gasteiger partial charge in [-0.3, -0.25) is 4.79 Å². The van der Waals surface area contributed by atoms with Crippen molar-refractivity contribution in [2.75, 3.05) is 37.2 Å². The fraction of sp³-hybridized carbons (Fsp3) is 0.364. The van der Waals surface area contributed by atoms with Crippen molar-refractivity contribution < 1.29 is 28.2 Å². The Morgan fingerprint density at radius 3 is 2.59 bits per heavy atom. The number of methoxy groups -OCH3 is 1. The number of nitrogens with zero attached hydrogens (tertiary/aromatic N) is 3. The smallest absolute Gasteiger partial charge is 0.340 e. The number of amides is 1. The van der Waals surface area contributed by atoms with E-state index in [0.717, 1.165) is 25.9 Å². The largest absolute Gasteiger partial charge is 0.465 e. The zero-order chi connectivity index (χ0) is 22.2. The first-order valence-electron chi connectivity index (χ1n) is 10.4.